The Morgan fingerprint density at radius 3 is 2.62 bits per heavy atom. The maximum Gasteiger partial charge on any atom is 0.258 e. The van der Waals surface area contributed by atoms with Crippen LogP contribution in [0.1, 0.15) is 31.2 Å². The van der Waals surface area contributed by atoms with Gasteiger partial charge in [-0.15, -0.1) is 11.3 Å². The molecule has 0 unspecified atom stereocenters. The second kappa shape index (κ2) is 9.39. The molecule has 142 valence electrons. The van der Waals surface area contributed by atoms with E-state index in [1.54, 1.807) is 18.4 Å². The van der Waals surface area contributed by atoms with Crippen molar-refractivity contribution < 1.29 is 14.3 Å². The van der Waals surface area contributed by atoms with E-state index in [0.717, 1.165) is 16.6 Å². The first-order valence-corrected chi connectivity index (χ1v) is 9.99. The second-order valence-corrected chi connectivity index (χ2v) is 8.75. The summed E-state index contributed by atoms with van der Waals surface area (Å²) < 4.78 is 12.0. The number of carbonyl (C=O) groups excluding carboxylic acids is 1. The molecule has 0 fully saturated rings. The highest BCUT2D eigenvalue weighted by molar-refractivity contribution is 9.10. The molecule has 2 aromatic rings. The minimum Gasteiger partial charge on any atom is -0.493 e. The number of hydrogen-bond donors (Lipinski definition) is 2. The van der Waals surface area contributed by atoms with Crippen LogP contribution in [-0.4, -0.2) is 25.2 Å². The molecule has 0 atom stereocenters. The highest BCUT2D eigenvalue weighted by atomic mass is 79.9. The zero-order valence-electron chi connectivity index (χ0n) is 15.5. The van der Waals surface area contributed by atoms with Gasteiger partial charge in [0.2, 0.25) is 0 Å². The van der Waals surface area contributed by atoms with E-state index in [1.165, 1.54) is 4.88 Å². The predicted octanol–water partition coefficient (Wildman–Crippen LogP) is 4.10. The van der Waals surface area contributed by atoms with Gasteiger partial charge in [0.1, 0.15) is 0 Å². The molecule has 0 aliphatic heterocycles. The zero-order chi connectivity index (χ0) is 19.2. The fourth-order valence-electron chi connectivity index (χ4n) is 2.32. The van der Waals surface area contributed by atoms with E-state index in [4.69, 9.17) is 9.47 Å². The van der Waals surface area contributed by atoms with E-state index in [9.17, 15) is 4.79 Å². The van der Waals surface area contributed by atoms with Gasteiger partial charge in [0.25, 0.3) is 5.91 Å². The summed E-state index contributed by atoms with van der Waals surface area (Å²) in [5.41, 5.74) is 0.772. The van der Waals surface area contributed by atoms with Gasteiger partial charge in [0.15, 0.2) is 18.1 Å². The number of benzene rings is 1. The minimum atomic E-state index is -0.288. The highest BCUT2D eigenvalue weighted by Gasteiger charge is 2.16. The Labute approximate surface area is 167 Å². The van der Waals surface area contributed by atoms with E-state index in [1.807, 2.05) is 39.0 Å². The largest absolute Gasteiger partial charge is 0.493 e. The predicted molar refractivity (Wildman–Crippen MR) is 109 cm³/mol. The third-order valence-corrected chi connectivity index (χ3v) is 5.02. The van der Waals surface area contributed by atoms with Crippen molar-refractivity contribution in [2.24, 2.45) is 0 Å². The molecule has 1 amide bonds. The Morgan fingerprint density at radius 1 is 1.23 bits per heavy atom. The van der Waals surface area contributed by atoms with Gasteiger partial charge in [-0.1, -0.05) is 22.0 Å². The Kier molecular flexibility index (Phi) is 7.49. The summed E-state index contributed by atoms with van der Waals surface area (Å²) in [7, 11) is 1.59. The summed E-state index contributed by atoms with van der Waals surface area (Å²) in [4.78, 5) is 13.2. The van der Waals surface area contributed by atoms with Crippen molar-refractivity contribution in [3.05, 3.63) is 44.6 Å². The number of nitrogens with one attached hydrogen (secondary N) is 2. The van der Waals surface area contributed by atoms with Gasteiger partial charge in [0, 0.05) is 28.0 Å². The Balaban J connectivity index is 1.97. The highest BCUT2D eigenvalue weighted by Crippen LogP contribution is 2.33. The molecule has 26 heavy (non-hydrogen) atoms. The number of amides is 1. The van der Waals surface area contributed by atoms with Gasteiger partial charge >= 0.3 is 0 Å². The molecule has 1 heterocycles. The number of halogens is 1. The van der Waals surface area contributed by atoms with Gasteiger partial charge in [-0.3, -0.25) is 4.79 Å². The van der Waals surface area contributed by atoms with Crippen LogP contribution in [0.4, 0.5) is 0 Å². The minimum absolute atomic E-state index is 0.0595. The van der Waals surface area contributed by atoms with Gasteiger partial charge in [0.05, 0.1) is 7.11 Å². The van der Waals surface area contributed by atoms with Crippen LogP contribution < -0.4 is 20.1 Å². The van der Waals surface area contributed by atoms with E-state index in [-0.39, 0.29) is 18.1 Å². The van der Waals surface area contributed by atoms with Crippen LogP contribution in [0.5, 0.6) is 11.5 Å². The summed E-state index contributed by atoms with van der Waals surface area (Å²) in [6.45, 7) is 7.24. The van der Waals surface area contributed by atoms with Crippen molar-refractivity contribution in [1.29, 1.82) is 0 Å². The van der Waals surface area contributed by atoms with Crippen molar-refractivity contribution in [2.75, 3.05) is 13.7 Å². The number of methoxy groups -OCH3 is 1. The molecule has 7 heteroatoms. The van der Waals surface area contributed by atoms with E-state index < -0.39 is 0 Å². The fraction of sp³-hybridized carbons (Fsp3) is 0.421. The second-order valence-electron chi connectivity index (χ2n) is 6.86. The lowest BCUT2D eigenvalue weighted by Crippen LogP contribution is -2.43. The third kappa shape index (κ3) is 6.63. The molecule has 2 N–H and O–H groups in total. The SMILES string of the molecule is COc1cc(CNCc2cccs2)c(Br)cc1OCC(=O)NC(C)(C)C. The molecule has 0 saturated carbocycles. The number of ether oxygens (including phenoxy) is 2. The Bertz CT molecular complexity index is 727. The van der Waals surface area contributed by atoms with Crippen molar-refractivity contribution in [1.82, 2.24) is 10.6 Å². The van der Waals surface area contributed by atoms with Gasteiger partial charge in [-0.25, -0.2) is 0 Å². The first-order valence-electron chi connectivity index (χ1n) is 8.32. The summed E-state index contributed by atoms with van der Waals surface area (Å²) in [6.07, 6.45) is 0. The Morgan fingerprint density at radius 2 is 2.00 bits per heavy atom. The fourth-order valence-corrected chi connectivity index (χ4v) is 3.45. The molecular weight excluding hydrogens is 416 g/mol. The molecule has 0 spiro atoms. The summed E-state index contributed by atoms with van der Waals surface area (Å²) >= 11 is 5.30. The smallest absolute Gasteiger partial charge is 0.258 e. The van der Waals surface area contributed by atoms with Crippen LogP contribution in [0.2, 0.25) is 0 Å². The molecule has 5 nitrogen and oxygen atoms in total. The average Bonchev–Trinajstić information content (AvgIpc) is 3.06. The first-order chi connectivity index (χ1) is 12.3. The van der Waals surface area contributed by atoms with Crippen LogP contribution in [-0.2, 0) is 17.9 Å². The first kappa shape index (κ1) is 20.7. The van der Waals surface area contributed by atoms with Crippen LogP contribution in [0, 0.1) is 0 Å². The third-order valence-electron chi connectivity index (χ3n) is 3.40. The maximum atomic E-state index is 11.9. The van der Waals surface area contributed by atoms with Crippen molar-refractivity contribution in [3.63, 3.8) is 0 Å². The monoisotopic (exact) mass is 440 g/mol. The van der Waals surface area contributed by atoms with Gasteiger partial charge in [-0.2, -0.15) is 0 Å². The average molecular weight is 441 g/mol. The number of rotatable bonds is 8. The van der Waals surface area contributed by atoms with Crippen molar-refractivity contribution in [3.8, 4) is 11.5 Å². The van der Waals surface area contributed by atoms with E-state index in [0.29, 0.717) is 18.0 Å². The van der Waals surface area contributed by atoms with E-state index >= 15 is 0 Å². The summed E-state index contributed by atoms with van der Waals surface area (Å²) in [5, 5.41) is 8.35. The van der Waals surface area contributed by atoms with Crippen molar-refractivity contribution in [2.45, 2.75) is 39.4 Å². The van der Waals surface area contributed by atoms with Crippen LogP contribution >= 0.6 is 27.3 Å². The summed E-state index contributed by atoms with van der Waals surface area (Å²) in [5.74, 6) is 0.965. The van der Waals surface area contributed by atoms with Gasteiger partial charge < -0.3 is 20.1 Å². The lowest BCUT2D eigenvalue weighted by atomic mass is 10.1. The molecule has 2 rings (SSSR count). The molecule has 0 radical (unpaired) electrons. The van der Waals surface area contributed by atoms with Crippen molar-refractivity contribution >= 4 is 33.2 Å². The normalized spacial score (nSPS) is 11.3. The molecule has 0 bridgehead atoms. The number of thiophene rings is 1. The molecule has 1 aromatic carbocycles. The van der Waals surface area contributed by atoms with Crippen LogP contribution in [0.15, 0.2) is 34.1 Å². The summed E-state index contributed by atoms with van der Waals surface area (Å²) in [6, 6.07) is 7.91. The van der Waals surface area contributed by atoms with Crippen LogP contribution in [0.25, 0.3) is 0 Å². The zero-order valence-corrected chi connectivity index (χ0v) is 17.9. The standard InChI is InChI=1S/C19H25BrN2O3S/c1-19(2,3)22-18(23)12-25-17-9-15(20)13(8-16(17)24-4)10-21-11-14-6-5-7-26-14/h5-9,21H,10-12H2,1-4H3,(H,22,23). The quantitative estimate of drug-likeness (QED) is 0.648. The Hall–Kier alpha value is -1.57. The number of hydrogen-bond acceptors (Lipinski definition) is 5. The topological polar surface area (TPSA) is 59.6 Å². The molecule has 0 aliphatic rings. The maximum absolute atomic E-state index is 11.9. The molecule has 1 aromatic heterocycles. The molecular formula is C19H25BrN2O3S. The van der Waals surface area contributed by atoms with E-state index in [2.05, 4.69) is 38.0 Å². The number of carbonyl (C=O) groups is 1. The van der Waals surface area contributed by atoms with Gasteiger partial charge in [-0.05, 0) is 49.9 Å². The molecule has 0 aliphatic carbocycles. The molecule has 0 saturated heterocycles. The lowest BCUT2D eigenvalue weighted by Gasteiger charge is -2.21. The van der Waals surface area contributed by atoms with Crippen LogP contribution in [0.3, 0.4) is 0 Å². The lowest BCUT2D eigenvalue weighted by molar-refractivity contribution is -0.124.